The number of hydrogen-bond donors (Lipinski definition) is 0. The summed E-state index contributed by atoms with van der Waals surface area (Å²) in [5, 5.41) is 8.88. The monoisotopic (exact) mass is 486 g/mol. The average molecular weight is 487 g/mol. The van der Waals surface area contributed by atoms with Crippen molar-refractivity contribution >= 4 is 44.9 Å². The van der Waals surface area contributed by atoms with Gasteiger partial charge in [-0.25, -0.2) is 0 Å². The molecule has 2 amide bonds. The number of thioether (sulfide) groups is 1. The van der Waals surface area contributed by atoms with E-state index in [9.17, 15) is 14.9 Å². The Morgan fingerprint density at radius 3 is 2.53 bits per heavy atom. The maximum absolute atomic E-state index is 12.9. The van der Waals surface area contributed by atoms with Crippen LogP contribution in [0.1, 0.15) is 30.5 Å². The van der Waals surface area contributed by atoms with Crippen LogP contribution in [0.2, 0.25) is 0 Å². The van der Waals surface area contributed by atoms with Gasteiger partial charge in [-0.15, -0.1) is 0 Å². The van der Waals surface area contributed by atoms with Crippen LogP contribution in [0.15, 0.2) is 45.8 Å². The summed E-state index contributed by atoms with van der Waals surface area (Å²) in [4.78, 5) is 26.8. The molecule has 0 radical (unpaired) electrons. The van der Waals surface area contributed by atoms with Gasteiger partial charge in [-0.3, -0.25) is 14.5 Å². The zero-order valence-electron chi connectivity index (χ0n) is 16.5. The summed E-state index contributed by atoms with van der Waals surface area (Å²) in [5.74, 6) is 0.801. The normalized spacial score (nSPS) is 14.9. The zero-order chi connectivity index (χ0) is 21.7. The van der Waals surface area contributed by atoms with E-state index < -0.39 is 5.91 Å². The third-order valence-corrected chi connectivity index (χ3v) is 5.82. The van der Waals surface area contributed by atoms with Crippen molar-refractivity contribution in [3.63, 3.8) is 0 Å². The standard InChI is InChI=1S/C22H19BrN2O4S/c1-3-28-18-11-19(29-4-2)17(23)9-16(18)10-20-21(26)25(22(27)30-20)13-15-8-6-5-7-14(15)12-24/h5-11H,3-4,13H2,1-2H3/b20-10+. The Bertz CT molecular complexity index is 1060. The smallest absolute Gasteiger partial charge is 0.293 e. The van der Waals surface area contributed by atoms with Crippen LogP contribution in [0.5, 0.6) is 11.5 Å². The van der Waals surface area contributed by atoms with E-state index in [1.807, 2.05) is 13.8 Å². The van der Waals surface area contributed by atoms with E-state index >= 15 is 0 Å². The lowest BCUT2D eigenvalue weighted by molar-refractivity contribution is -0.123. The highest BCUT2D eigenvalue weighted by molar-refractivity contribution is 9.10. The van der Waals surface area contributed by atoms with E-state index in [-0.39, 0.29) is 11.8 Å². The molecule has 154 valence electrons. The maximum Gasteiger partial charge on any atom is 0.293 e. The Labute approximate surface area is 187 Å². The van der Waals surface area contributed by atoms with Crippen LogP contribution >= 0.6 is 27.7 Å². The maximum atomic E-state index is 12.9. The minimum Gasteiger partial charge on any atom is -0.493 e. The van der Waals surface area contributed by atoms with Crippen molar-refractivity contribution in [2.45, 2.75) is 20.4 Å². The van der Waals surface area contributed by atoms with E-state index in [4.69, 9.17) is 9.47 Å². The van der Waals surface area contributed by atoms with Crippen LogP contribution < -0.4 is 9.47 Å². The SMILES string of the molecule is CCOc1cc(OCC)c(/C=C2/SC(=O)N(Cc3ccccc3C#N)C2=O)cc1Br. The molecule has 1 aliphatic rings. The summed E-state index contributed by atoms with van der Waals surface area (Å²) in [6.45, 7) is 4.76. The van der Waals surface area contributed by atoms with Gasteiger partial charge in [0.1, 0.15) is 11.5 Å². The zero-order valence-corrected chi connectivity index (χ0v) is 18.9. The van der Waals surface area contributed by atoms with Gasteiger partial charge >= 0.3 is 0 Å². The summed E-state index contributed by atoms with van der Waals surface area (Å²) in [7, 11) is 0. The molecule has 0 N–H and O–H groups in total. The highest BCUT2D eigenvalue weighted by atomic mass is 79.9. The minimum absolute atomic E-state index is 0.0526. The van der Waals surface area contributed by atoms with E-state index in [2.05, 4.69) is 22.0 Å². The molecule has 1 fully saturated rings. The Balaban J connectivity index is 1.92. The van der Waals surface area contributed by atoms with Crippen molar-refractivity contribution in [2.24, 2.45) is 0 Å². The van der Waals surface area contributed by atoms with Crippen molar-refractivity contribution in [3.8, 4) is 17.6 Å². The first-order chi connectivity index (χ1) is 14.5. The molecule has 2 aromatic rings. The molecule has 0 aliphatic carbocycles. The van der Waals surface area contributed by atoms with Crippen molar-refractivity contribution in [1.82, 2.24) is 4.90 Å². The quantitative estimate of drug-likeness (QED) is 0.490. The van der Waals surface area contributed by atoms with Crippen LogP contribution in [0, 0.1) is 11.3 Å². The third-order valence-electron chi connectivity index (χ3n) is 4.29. The number of nitriles is 1. The fourth-order valence-corrected chi connectivity index (χ4v) is 4.23. The Morgan fingerprint density at radius 2 is 1.83 bits per heavy atom. The van der Waals surface area contributed by atoms with Gasteiger partial charge in [0.15, 0.2) is 0 Å². The Morgan fingerprint density at radius 1 is 1.13 bits per heavy atom. The lowest BCUT2D eigenvalue weighted by Gasteiger charge is -2.14. The van der Waals surface area contributed by atoms with Crippen molar-refractivity contribution in [2.75, 3.05) is 13.2 Å². The molecule has 0 saturated carbocycles. The van der Waals surface area contributed by atoms with Crippen LogP contribution in [-0.4, -0.2) is 29.3 Å². The molecule has 0 bridgehead atoms. The Hall–Kier alpha value is -2.76. The summed E-state index contributed by atoms with van der Waals surface area (Å²) < 4.78 is 12.0. The molecule has 1 heterocycles. The molecule has 8 heteroatoms. The van der Waals surface area contributed by atoms with Gasteiger partial charge in [-0.2, -0.15) is 5.26 Å². The Kier molecular flexibility index (Phi) is 7.19. The second-order valence-electron chi connectivity index (χ2n) is 6.22. The third kappa shape index (κ3) is 4.69. The van der Waals surface area contributed by atoms with Crippen molar-refractivity contribution in [3.05, 3.63) is 62.5 Å². The topological polar surface area (TPSA) is 79.6 Å². The molecule has 6 nitrogen and oxygen atoms in total. The van der Waals surface area contributed by atoms with Crippen LogP contribution in [0.4, 0.5) is 4.79 Å². The fourth-order valence-electron chi connectivity index (χ4n) is 2.92. The van der Waals surface area contributed by atoms with Gasteiger partial charge in [0, 0.05) is 11.6 Å². The first-order valence-electron chi connectivity index (χ1n) is 9.31. The first kappa shape index (κ1) is 21.9. The van der Waals surface area contributed by atoms with Gasteiger partial charge in [0.05, 0.1) is 40.8 Å². The number of rotatable bonds is 7. The number of carbonyl (C=O) groups excluding carboxylic acids is 2. The number of ether oxygens (including phenoxy) is 2. The molecular weight excluding hydrogens is 468 g/mol. The molecule has 0 unspecified atom stereocenters. The second kappa shape index (κ2) is 9.83. The number of nitrogens with zero attached hydrogens (tertiary/aromatic N) is 2. The van der Waals surface area contributed by atoms with Gasteiger partial charge in [0.25, 0.3) is 11.1 Å². The summed E-state index contributed by atoms with van der Waals surface area (Å²) in [6.07, 6.45) is 1.65. The molecule has 0 atom stereocenters. The summed E-state index contributed by atoms with van der Waals surface area (Å²) >= 11 is 4.34. The largest absolute Gasteiger partial charge is 0.493 e. The van der Waals surface area contributed by atoms with Gasteiger partial charge in [-0.05, 0) is 65.3 Å². The molecule has 3 rings (SSSR count). The lowest BCUT2D eigenvalue weighted by Crippen LogP contribution is -2.27. The van der Waals surface area contributed by atoms with E-state index in [1.54, 1.807) is 42.5 Å². The molecule has 2 aromatic carbocycles. The molecule has 30 heavy (non-hydrogen) atoms. The van der Waals surface area contributed by atoms with Crippen molar-refractivity contribution in [1.29, 1.82) is 5.26 Å². The minimum atomic E-state index is -0.398. The highest BCUT2D eigenvalue weighted by Crippen LogP contribution is 2.38. The number of hydrogen-bond acceptors (Lipinski definition) is 6. The second-order valence-corrected chi connectivity index (χ2v) is 8.07. The van der Waals surface area contributed by atoms with Crippen LogP contribution in [-0.2, 0) is 11.3 Å². The molecule has 1 aliphatic heterocycles. The van der Waals surface area contributed by atoms with Crippen LogP contribution in [0.3, 0.4) is 0 Å². The molecule has 0 aromatic heterocycles. The van der Waals surface area contributed by atoms with E-state index in [0.717, 1.165) is 21.1 Å². The molecule has 1 saturated heterocycles. The first-order valence-corrected chi connectivity index (χ1v) is 10.9. The van der Waals surface area contributed by atoms with E-state index in [1.165, 1.54) is 0 Å². The number of halogens is 1. The van der Waals surface area contributed by atoms with Gasteiger partial charge in [-0.1, -0.05) is 18.2 Å². The molecular formula is C22H19BrN2O4S. The molecule has 0 spiro atoms. The summed E-state index contributed by atoms with van der Waals surface area (Å²) in [5.41, 5.74) is 1.73. The fraction of sp³-hybridized carbons (Fsp3) is 0.227. The predicted molar refractivity (Wildman–Crippen MR) is 119 cm³/mol. The number of carbonyl (C=O) groups is 2. The predicted octanol–water partition coefficient (Wildman–Crippen LogP) is 5.35. The van der Waals surface area contributed by atoms with Crippen LogP contribution in [0.25, 0.3) is 6.08 Å². The number of benzene rings is 2. The lowest BCUT2D eigenvalue weighted by atomic mass is 10.1. The van der Waals surface area contributed by atoms with E-state index in [0.29, 0.717) is 46.3 Å². The van der Waals surface area contributed by atoms with Gasteiger partial charge in [0.2, 0.25) is 0 Å². The summed E-state index contributed by atoms with van der Waals surface area (Å²) in [6, 6.07) is 12.6. The van der Waals surface area contributed by atoms with Gasteiger partial charge < -0.3 is 9.47 Å². The number of imide groups is 1. The number of amides is 2. The highest BCUT2D eigenvalue weighted by Gasteiger charge is 2.35. The average Bonchev–Trinajstić information content (AvgIpc) is 2.99. The van der Waals surface area contributed by atoms with Crippen molar-refractivity contribution < 1.29 is 19.1 Å².